The number of aryl methyl sites for hydroxylation is 1. The number of methoxy groups -OCH3 is 1. The first-order valence-corrected chi connectivity index (χ1v) is 9.36. The maximum absolute atomic E-state index is 10.5. The van der Waals surface area contributed by atoms with Crippen LogP contribution in [0, 0.1) is 6.92 Å². The van der Waals surface area contributed by atoms with E-state index in [-0.39, 0.29) is 5.88 Å². The molecule has 2 aromatic heterocycles. The molecule has 7 nitrogen and oxygen atoms in total. The third-order valence-corrected chi connectivity index (χ3v) is 5.68. The summed E-state index contributed by atoms with van der Waals surface area (Å²) in [4.78, 5) is 10.2. The van der Waals surface area contributed by atoms with E-state index in [1.165, 1.54) is 22.7 Å². The number of nitrogens with zero attached hydrogens (tertiary/aromatic N) is 5. The van der Waals surface area contributed by atoms with Crippen LogP contribution in [0.4, 0.5) is 10.8 Å². The van der Waals surface area contributed by atoms with Crippen molar-refractivity contribution in [2.45, 2.75) is 6.92 Å². The molecular formula is C17H15N5O2S2. The molecule has 3 aromatic rings. The fourth-order valence-corrected chi connectivity index (χ4v) is 4.11. The minimum Gasteiger partial charge on any atom is -0.497 e. The summed E-state index contributed by atoms with van der Waals surface area (Å²) in [7, 11) is 3.40. The zero-order chi connectivity index (χ0) is 18.3. The molecule has 0 bridgehead atoms. The summed E-state index contributed by atoms with van der Waals surface area (Å²) in [6.45, 7) is 1.88. The van der Waals surface area contributed by atoms with Gasteiger partial charge in [-0.3, -0.25) is 9.56 Å². The fourth-order valence-electron chi connectivity index (χ4n) is 2.53. The monoisotopic (exact) mass is 385 g/mol. The molecule has 0 aliphatic carbocycles. The van der Waals surface area contributed by atoms with Crippen molar-refractivity contribution in [3.8, 4) is 11.6 Å². The first-order valence-electron chi connectivity index (χ1n) is 7.73. The molecule has 0 saturated heterocycles. The maximum atomic E-state index is 10.5. The third-order valence-electron chi connectivity index (χ3n) is 3.88. The molecule has 3 heterocycles. The average Bonchev–Trinajstić information content (AvgIpc) is 3.30. The van der Waals surface area contributed by atoms with E-state index in [9.17, 15) is 5.11 Å². The Balaban J connectivity index is 1.75. The van der Waals surface area contributed by atoms with Gasteiger partial charge in [0.1, 0.15) is 10.8 Å². The highest BCUT2D eigenvalue weighted by Crippen LogP contribution is 2.36. The molecule has 0 fully saturated rings. The lowest BCUT2D eigenvalue weighted by atomic mass is 10.1. The van der Waals surface area contributed by atoms with Crippen LogP contribution in [0.1, 0.15) is 15.4 Å². The number of allylic oxidation sites excluding steroid dienone is 1. The summed E-state index contributed by atoms with van der Waals surface area (Å²) in [6, 6.07) is 5.75. The van der Waals surface area contributed by atoms with Crippen LogP contribution >= 0.6 is 22.7 Å². The molecule has 0 unspecified atom stereocenters. The highest BCUT2D eigenvalue weighted by Gasteiger charge is 2.16. The number of benzene rings is 1. The second kappa shape index (κ2) is 6.50. The van der Waals surface area contributed by atoms with Gasteiger partial charge in [0.05, 0.1) is 17.7 Å². The minimum absolute atomic E-state index is 0.151. The Morgan fingerprint density at radius 3 is 2.85 bits per heavy atom. The number of hydrogen-bond acceptors (Lipinski definition) is 8. The quantitative estimate of drug-likeness (QED) is 0.748. The highest BCUT2D eigenvalue weighted by atomic mass is 32.1. The van der Waals surface area contributed by atoms with Crippen LogP contribution in [-0.4, -0.2) is 33.2 Å². The number of aromatic hydroxyl groups is 1. The Morgan fingerprint density at radius 2 is 2.12 bits per heavy atom. The van der Waals surface area contributed by atoms with Gasteiger partial charge in [-0.25, -0.2) is 0 Å². The number of ether oxygens (including phenoxy) is 1. The molecule has 4 rings (SSSR count). The van der Waals surface area contributed by atoms with Gasteiger partial charge in [-0.1, -0.05) is 22.7 Å². The molecule has 0 saturated carbocycles. The van der Waals surface area contributed by atoms with Crippen molar-refractivity contribution >= 4 is 51.4 Å². The van der Waals surface area contributed by atoms with Gasteiger partial charge in [-0.2, -0.15) is 4.99 Å². The van der Waals surface area contributed by atoms with Gasteiger partial charge in [0.15, 0.2) is 4.80 Å². The molecule has 9 heteroatoms. The number of rotatable bonds is 3. The standard InChI is InChI=1S/C17H15N5O2S2/c1-9-20-21-16(25-9)19-17-22(2)15(23)14(26-17)6-10-8-18-13-7-11(24-3)4-5-12(10)13/h4-8,23H,1-3H3/b10-6+,19-17-. The Morgan fingerprint density at radius 1 is 1.27 bits per heavy atom. The molecule has 1 aromatic carbocycles. The fraction of sp³-hybridized carbons (Fsp3) is 0.176. The predicted molar refractivity (Wildman–Crippen MR) is 104 cm³/mol. The lowest BCUT2D eigenvalue weighted by Crippen LogP contribution is -2.08. The molecule has 132 valence electrons. The number of thiazole rings is 1. The number of aliphatic imine (C=N–C) groups is 1. The summed E-state index contributed by atoms with van der Waals surface area (Å²) in [5, 5.41) is 19.9. The van der Waals surface area contributed by atoms with Crippen molar-refractivity contribution in [3.05, 3.63) is 38.4 Å². The molecule has 0 radical (unpaired) electrons. The van der Waals surface area contributed by atoms with Gasteiger partial charge in [-0.15, -0.1) is 10.2 Å². The van der Waals surface area contributed by atoms with Crippen molar-refractivity contribution in [1.29, 1.82) is 0 Å². The second-order valence-electron chi connectivity index (χ2n) is 5.59. The SMILES string of the molecule is COc1ccc2c(c1)N=C/C2=C\c1s/c(=N\c2nnc(C)s2)n(C)c1O. The van der Waals surface area contributed by atoms with Crippen molar-refractivity contribution in [2.75, 3.05) is 7.11 Å². The van der Waals surface area contributed by atoms with Crippen molar-refractivity contribution < 1.29 is 9.84 Å². The van der Waals surface area contributed by atoms with E-state index >= 15 is 0 Å². The Bertz CT molecular complexity index is 1120. The molecule has 1 N–H and O–H groups in total. The van der Waals surface area contributed by atoms with Crippen LogP contribution in [0.25, 0.3) is 11.6 Å². The molecule has 1 aliphatic rings. The van der Waals surface area contributed by atoms with Crippen LogP contribution in [0.2, 0.25) is 0 Å². The third kappa shape index (κ3) is 2.95. The molecule has 0 amide bonds. The number of aromatic nitrogens is 3. The molecule has 1 aliphatic heterocycles. The van der Waals surface area contributed by atoms with Crippen LogP contribution < -0.4 is 9.54 Å². The number of hydrogen-bond donors (Lipinski definition) is 1. The summed E-state index contributed by atoms with van der Waals surface area (Å²) in [6.07, 6.45) is 3.69. The molecule has 0 spiro atoms. The van der Waals surface area contributed by atoms with Gasteiger partial charge in [0.25, 0.3) is 0 Å². The zero-order valence-corrected chi connectivity index (χ0v) is 15.9. The van der Waals surface area contributed by atoms with E-state index in [1.54, 1.807) is 24.9 Å². The van der Waals surface area contributed by atoms with Crippen LogP contribution in [0.15, 0.2) is 28.2 Å². The Kier molecular flexibility index (Phi) is 4.17. The summed E-state index contributed by atoms with van der Waals surface area (Å²) in [5.74, 6) is 0.916. The smallest absolute Gasteiger partial charge is 0.234 e. The Hall–Kier alpha value is -2.78. The minimum atomic E-state index is 0.151. The van der Waals surface area contributed by atoms with E-state index in [4.69, 9.17) is 4.74 Å². The van der Waals surface area contributed by atoms with E-state index in [0.717, 1.165) is 27.6 Å². The normalized spacial score (nSPS) is 15.0. The number of fused-ring (bicyclic) bond motifs is 1. The maximum Gasteiger partial charge on any atom is 0.234 e. The molecule has 0 atom stereocenters. The topological polar surface area (TPSA) is 84.9 Å². The lowest BCUT2D eigenvalue weighted by Gasteiger charge is -2.03. The lowest BCUT2D eigenvalue weighted by molar-refractivity contribution is 0.415. The van der Waals surface area contributed by atoms with Crippen molar-refractivity contribution in [3.63, 3.8) is 0 Å². The van der Waals surface area contributed by atoms with Crippen molar-refractivity contribution in [2.24, 2.45) is 17.0 Å². The van der Waals surface area contributed by atoms with E-state index < -0.39 is 0 Å². The van der Waals surface area contributed by atoms with Gasteiger partial charge in [0, 0.05) is 30.5 Å². The molecule has 26 heavy (non-hydrogen) atoms. The van der Waals surface area contributed by atoms with E-state index in [1.807, 2.05) is 31.2 Å². The summed E-state index contributed by atoms with van der Waals surface area (Å²) in [5.41, 5.74) is 2.78. The van der Waals surface area contributed by atoms with Gasteiger partial charge in [0.2, 0.25) is 11.0 Å². The second-order valence-corrected chi connectivity index (χ2v) is 7.76. The Labute approximate surface area is 157 Å². The molecular weight excluding hydrogens is 370 g/mol. The van der Waals surface area contributed by atoms with Crippen molar-refractivity contribution in [1.82, 2.24) is 14.8 Å². The first-order chi connectivity index (χ1) is 12.5. The van der Waals surface area contributed by atoms with Gasteiger partial charge < -0.3 is 9.84 Å². The van der Waals surface area contributed by atoms with E-state index in [2.05, 4.69) is 20.2 Å². The van der Waals surface area contributed by atoms with Gasteiger partial charge >= 0.3 is 0 Å². The van der Waals surface area contributed by atoms with Crippen LogP contribution in [0.5, 0.6) is 11.6 Å². The average molecular weight is 385 g/mol. The van der Waals surface area contributed by atoms with Crippen LogP contribution in [-0.2, 0) is 7.05 Å². The highest BCUT2D eigenvalue weighted by molar-refractivity contribution is 7.15. The van der Waals surface area contributed by atoms with Crippen LogP contribution in [0.3, 0.4) is 0 Å². The zero-order valence-electron chi connectivity index (χ0n) is 14.3. The summed E-state index contributed by atoms with van der Waals surface area (Å²) >= 11 is 2.79. The van der Waals surface area contributed by atoms with Gasteiger partial charge in [-0.05, 0) is 25.1 Å². The van der Waals surface area contributed by atoms with E-state index in [0.29, 0.717) is 14.8 Å². The largest absolute Gasteiger partial charge is 0.497 e. The summed E-state index contributed by atoms with van der Waals surface area (Å²) < 4.78 is 6.87. The first kappa shape index (κ1) is 16.7. The predicted octanol–water partition coefficient (Wildman–Crippen LogP) is 3.45.